The molecule has 17 rings (SSSR count). The number of fused-ring (bicyclic) bond motifs is 10. The van der Waals surface area contributed by atoms with Crippen molar-refractivity contribution in [2.75, 3.05) is 9.80 Å². The molecule has 0 aliphatic carbocycles. The van der Waals surface area contributed by atoms with E-state index in [2.05, 4.69) is 389 Å². The SMILES string of the molecule is CC(C)(C)c1cc(-c2ccc3c(c2)N(c2ccc(C(C)(C)C)cc2-c2ccccc2)c2cc(-c4cc(-c5ccc6oc7ccccc7c6c5)c5oc6ccccc6c5c4)cc4c2B3c2ccc(-c3cc(C(C)(C)C)cc(C(C)(C)C)c3)cc2N4c2ccc(C(C)(C)C)cc2-c2ccccc2)cc(C(C)(C)C)c1. The summed E-state index contributed by atoms with van der Waals surface area (Å²) in [5, 5.41) is 4.28. The summed E-state index contributed by atoms with van der Waals surface area (Å²) in [5.41, 5.74) is 34.7. The van der Waals surface area contributed by atoms with Gasteiger partial charge in [0, 0.05) is 61.0 Å². The summed E-state index contributed by atoms with van der Waals surface area (Å²) in [5.74, 6) is 0. The van der Waals surface area contributed by atoms with Crippen LogP contribution in [0.15, 0.2) is 270 Å². The lowest BCUT2D eigenvalue weighted by Crippen LogP contribution is -2.61. The number of hydrogen-bond donors (Lipinski definition) is 0. The minimum atomic E-state index is -0.220. The number of nitrogens with zero attached hydrogens (tertiary/aromatic N) is 2. The lowest BCUT2D eigenvalue weighted by Gasteiger charge is -2.45. The molecule has 5 heteroatoms. The molecule has 0 saturated carbocycles. The zero-order valence-corrected chi connectivity index (χ0v) is 65.6. The van der Waals surface area contributed by atoms with E-state index < -0.39 is 0 Å². The summed E-state index contributed by atoms with van der Waals surface area (Å²) in [4.78, 5) is 5.36. The van der Waals surface area contributed by atoms with E-state index in [9.17, 15) is 0 Å². The first kappa shape index (κ1) is 69.2. The molecule has 0 saturated heterocycles. The van der Waals surface area contributed by atoms with Gasteiger partial charge in [-0.3, -0.25) is 0 Å². The van der Waals surface area contributed by atoms with Crippen molar-refractivity contribution in [3.05, 3.63) is 294 Å². The summed E-state index contributed by atoms with van der Waals surface area (Å²) >= 11 is 0. The molecular formula is C102H97BN2O2. The first-order valence-corrected chi connectivity index (χ1v) is 38.5. The Balaban J connectivity index is 1.04. The van der Waals surface area contributed by atoms with E-state index in [4.69, 9.17) is 8.83 Å². The predicted molar refractivity (Wildman–Crippen MR) is 460 cm³/mol. The van der Waals surface area contributed by atoms with Crippen LogP contribution in [0, 0.1) is 0 Å². The van der Waals surface area contributed by atoms with Gasteiger partial charge in [0.1, 0.15) is 22.3 Å². The molecule has 2 aliphatic rings. The molecule has 0 atom stereocenters. The van der Waals surface area contributed by atoms with Crippen LogP contribution in [-0.4, -0.2) is 6.71 Å². The third kappa shape index (κ3) is 12.2. The molecule has 0 spiro atoms. The molecule has 2 aromatic heterocycles. The highest BCUT2D eigenvalue weighted by Crippen LogP contribution is 2.53. The van der Waals surface area contributed by atoms with E-state index in [1.807, 2.05) is 6.07 Å². The van der Waals surface area contributed by atoms with Gasteiger partial charge in [-0.2, -0.15) is 0 Å². The zero-order chi connectivity index (χ0) is 74.8. The fourth-order valence-electron chi connectivity index (χ4n) is 16.5. The molecule has 15 aromatic rings. The minimum absolute atomic E-state index is 0.0975. The van der Waals surface area contributed by atoms with Gasteiger partial charge in [-0.1, -0.05) is 301 Å². The third-order valence-electron chi connectivity index (χ3n) is 22.9. The number of para-hydroxylation sites is 2. The minimum Gasteiger partial charge on any atom is -0.456 e. The monoisotopic (exact) mass is 1390 g/mol. The highest BCUT2D eigenvalue weighted by Gasteiger charge is 2.45. The van der Waals surface area contributed by atoms with E-state index in [0.29, 0.717) is 0 Å². The Morgan fingerprint density at radius 2 is 0.589 bits per heavy atom. The number of anilines is 6. The largest absolute Gasteiger partial charge is 0.456 e. The molecule has 0 amide bonds. The maximum absolute atomic E-state index is 7.13. The summed E-state index contributed by atoms with van der Waals surface area (Å²) in [6.45, 7) is 42.0. The Bertz CT molecular complexity index is 5760. The number of furan rings is 2. The van der Waals surface area contributed by atoms with E-state index in [0.717, 1.165) is 111 Å². The quantitative estimate of drug-likeness (QED) is 0.142. The fourth-order valence-corrected chi connectivity index (χ4v) is 16.5. The molecule has 0 radical (unpaired) electrons. The molecule has 530 valence electrons. The van der Waals surface area contributed by atoms with Crippen molar-refractivity contribution < 1.29 is 8.83 Å². The second-order valence-corrected chi connectivity index (χ2v) is 36.7. The summed E-state index contributed by atoms with van der Waals surface area (Å²) in [7, 11) is 0. The van der Waals surface area contributed by atoms with E-state index in [1.54, 1.807) is 0 Å². The van der Waals surface area contributed by atoms with E-state index >= 15 is 0 Å². The van der Waals surface area contributed by atoms with Crippen LogP contribution in [0.5, 0.6) is 0 Å². The van der Waals surface area contributed by atoms with E-state index in [-0.39, 0.29) is 39.2 Å². The van der Waals surface area contributed by atoms with Crippen LogP contribution >= 0.6 is 0 Å². The van der Waals surface area contributed by atoms with Gasteiger partial charge in [0.2, 0.25) is 0 Å². The fraction of sp³-hybridized carbons (Fsp3) is 0.235. The normalized spacial score (nSPS) is 13.5. The maximum Gasteiger partial charge on any atom is 0.252 e. The predicted octanol–water partition coefficient (Wildman–Crippen LogP) is 27.4. The molecule has 0 unspecified atom stereocenters. The van der Waals surface area contributed by atoms with Crippen molar-refractivity contribution in [2.45, 2.75) is 157 Å². The average molecular weight is 1390 g/mol. The Kier molecular flexibility index (Phi) is 16.1. The van der Waals surface area contributed by atoms with Gasteiger partial charge in [-0.15, -0.1) is 0 Å². The number of rotatable bonds is 8. The molecule has 107 heavy (non-hydrogen) atoms. The van der Waals surface area contributed by atoms with Crippen LogP contribution in [0.1, 0.15) is 158 Å². The van der Waals surface area contributed by atoms with Crippen molar-refractivity contribution >= 4 is 101 Å². The number of benzene rings is 13. The molecular weight excluding hydrogens is 1300 g/mol. The van der Waals surface area contributed by atoms with Gasteiger partial charge in [-0.05, 0) is 217 Å². The lowest BCUT2D eigenvalue weighted by atomic mass is 9.33. The van der Waals surface area contributed by atoms with Gasteiger partial charge in [0.25, 0.3) is 6.71 Å². The van der Waals surface area contributed by atoms with Gasteiger partial charge in [-0.25, -0.2) is 0 Å². The smallest absolute Gasteiger partial charge is 0.252 e. The van der Waals surface area contributed by atoms with Gasteiger partial charge >= 0.3 is 0 Å². The summed E-state index contributed by atoms with van der Waals surface area (Å²) in [6, 6.07) is 100. The van der Waals surface area contributed by atoms with E-state index in [1.165, 1.54) is 83.1 Å². The van der Waals surface area contributed by atoms with Crippen LogP contribution in [-0.2, 0) is 32.5 Å². The molecule has 0 fully saturated rings. The van der Waals surface area contributed by atoms with Crippen LogP contribution in [0.25, 0.3) is 111 Å². The van der Waals surface area contributed by atoms with Crippen molar-refractivity contribution in [1.29, 1.82) is 0 Å². The number of hydrogen-bond acceptors (Lipinski definition) is 4. The van der Waals surface area contributed by atoms with Crippen LogP contribution in [0.2, 0.25) is 0 Å². The zero-order valence-electron chi connectivity index (χ0n) is 65.6. The first-order valence-electron chi connectivity index (χ1n) is 38.5. The third-order valence-corrected chi connectivity index (χ3v) is 22.9. The Labute approximate surface area is 633 Å². The standard InChI is InChI=1S/C102H97BN2O2/c1-97(2,3)71-40-44-86(79(60-71)62-29-21-19-22-30-62)104-88-54-64(67-47-73(99(7,8)9)58-74(48-67)100(10,11)12)37-42-84(88)103-85-43-38-65(68-49-75(101(13,14)15)59-76(50-68)102(16,17)18)55-89(85)105(87-45-41-72(98(4,5)6)61-80(87)63-31-23-20-24-32-63)91-57-70(56-90(104)95(91)103)69-52-81(96-83(53-69)78-34-26-28-36-93(78)107-96)66-39-46-94-82(51-66)77-33-25-27-35-92(77)106-94/h19-61H,1-18H3. The van der Waals surface area contributed by atoms with Gasteiger partial charge < -0.3 is 18.6 Å². The topological polar surface area (TPSA) is 32.8 Å². The molecule has 4 heterocycles. The molecule has 2 aliphatic heterocycles. The molecule has 0 N–H and O–H groups in total. The van der Waals surface area contributed by atoms with Crippen molar-refractivity contribution in [3.8, 4) is 66.8 Å². The van der Waals surface area contributed by atoms with Crippen molar-refractivity contribution in [2.24, 2.45) is 0 Å². The van der Waals surface area contributed by atoms with Crippen LogP contribution < -0.4 is 26.2 Å². The average Bonchev–Trinajstić information content (AvgIpc) is 0.871. The Morgan fingerprint density at radius 3 is 1.04 bits per heavy atom. The molecule has 13 aromatic carbocycles. The first-order chi connectivity index (χ1) is 50.8. The van der Waals surface area contributed by atoms with Gasteiger partial charge in [0.15, 0.2) is 0 Å². The second-order valence-electron chi connectivity index (χ2n) is 36.7. The van der Waals surface area contributed by atoms with Crippen molar-refractivity contribution in [1.82, 2.24) is 0 Å². The van der Waals surface area contributed by atoms with Crippen LogP contribution in [0.4, 0.5) is 34.1 Å². The highest BCUT2D eigenvalue weighted by atomic mass is 16.3. The summed E-state index contributed by atoms with van der Waals surface area (Å²) in [6.07, 6.45) is 0. The highest BCUT2D eigenvalue weighted by molar-refractivity contribution is 7.00. The van der Waals surface area contributed by atoms with Crippen LogP contribution in [0.3, 0.4) is 0 Å². The van der Waals surface area contributed by atoms with Crippen molar-refractivity contribution in [3.63, 3.8) is 0 Å². The maximum atomic E-state index is 7.13. The summed E-state index contributed by atoms with van der Waals surface area (Å²) < 4.78 is 13.7. The Hall–Kier alpha value is -10.9. The lowest BCUT2D eigenvalue weighted by molar-refractivity contribution is 0.568. The van der Waals surface area contributed by atoms with Gasteiger partial charge in [0.05, 0.1) is 11.4 Å². The molecule has 0 bridgehead atoms. The second kappa shape index (κ2) is 24.9. The molecule has 4 nitrogen and oxygen atoms in total. The Morgan fingerprint density at radius 1 is 0.224 bits per heavy atom.